The molecule has 0 radical (unpaired) electrons. The highest BCUT2D eigenvalue weighted by Gasteiger charge is 2.08. The molecule has 2 N–H and O–H groups in total. The van der Waals surface area contributed by atoms with Crippen LogP contribution in [-0.2, 0) is 0 Å². The van der Waals surface area contributed by atoms with Crippen LogP contribution in [0.3, 0.4) is 0 Å². The predicted octanol–water partition coefficient (Wildman–Crippen LogP) is 3.80. The zero-order chi connectivity index (χ0) is 12.3. The van der Waals surface area contributed by atoms with Crippen LogP contribution >= 0.6 is 27.3 Å². The topological polar surface area (TPSA) is 32.3 Å². The molecule has 2 nitrogen and oxygen atoms in total. The van der Waals surface area contributed by atoms with E-state index in [1.807, 2.05) is 17.5 Å². The van der Waals surface area contributed by atoms with Gasteiger partial charge in [0, 0.05) is 17.1 Å². The van der Waals surface area contributed by atoms with Crippen LogP contribution in [0.15, 0.2) is 40.2 Å². The van der Waals surface area contributed by atoms with Crippen LogP contribution in [0.25, 0.3) is 0 Å². The van der Waals surface area contributed by atoms with Crippen LogP contribution in [0, 0.1) is 5.82 Å². The lowest BCUT2D eigenvalue weighted by atomic mass is 10.2. The minimum Gasteiger partial charge on any atom is -0.386 e. The first-order valence-electron chi connectivity index (χ1n) is 5.07. The first kappa shape index (κ1) is 12.5. The summed E-state index contributed by atoms with van der Waals surface area (Å²) >= 11 is 4.63. The van der Waals surface area contributed by atoms with E-state index < -0.39 is 6.10 Å². The third-order valence-corrected chi connectivity index (χ3v) is 3.87. The van der Waals surface area contributed by atoms with Crippen LogP contribution in [0.4, 0.5) is 10.1 Å². The van der Waals surface area contributed by atoms with E-state index in [0.717, 1.165) is 10.6 Å². The maximum Gasteiger partial charge on any atom is 0.137 e. The summed E-state index contributed by atoms with van der Waals surface area (Å²) in [5, 5.41) is 14.8. The average molecular weight is 316 g/mol. The number of hydrogen-bond acceptors (Lipinski definition) is 3. The van der Waals surface area contributed by atoms with E-state index in [0.29, 0.717) is 11.0 Å². The lowest BCUT2D eigenvalue weighted by molar-refractivity contribution is 0.195. The van der Waals surface area contributed by atoms with Crippen molar-refractivity contribution in [3.8, 4) is 0 Å². The van der Waals surface area contributed by atoms with Gasteiger partial charge in [-0.3, -0.25) is 0 Å². The van der Waals surface area contributed by atoms with Crippen molar-refractivity contribution >= 4 is 33.0 Å². The Morgan fingerprint density at radius 2 is 2.24 bits per heavy atom. The molecule has 0 saturated carbocycles. The lowest BCUT2D eigenvalue weighted by Gasteiger charge is -2.11. The second-order valence-electron chi connectivity index (χ2n) is 3.54. The minimum atomic E-state index is -0.543. The van der Waals surface area contributed by atoms with Crippen molar-refractivity contribution in [1.29, 1.82) is 0 Å². The normalized spacial score (nSPS) is 12.4. The van der Waals surface area contributed by atoms with Gasteiger partial charge in [0.1, 0.15) is 11.9 Å². The van der Waals surface area contributed by atoms with Crippen LogP contribution < -0.4 is 5.32 Å². The van der Waals surface area contributed by atoms with Gasteiger partial charge in [-0.15, -0.1) is 11.3 Å². The number of thiophene rings is 1. The first-order chi connectivity index (χ1) is 8.16. The standard InChI is InChI=1S/C12H11BrFNOS/c13-9-6-8(3-4-10(9)14)15-7-11(16)12-2-1-5-17-12/h1-6,11,15-16H,7H2. The van der Waals surface area contributed by atoms with Crippen LogP contribution in [0.1, 0.15) is 11.0 Å². The highest BCUT2D eigenvalue weighted by atomic mass is 79.9. The largest absolute Gasteiger partial charge is 0.386 e. The van der Waals surface area contributed by atoms with E-state index in [-0.39, 0.29) is 5.82 Å². The highest BCUT2D eigenvalue weighted by Crippen LogP contribution is 2.22. The number of anilines is 1. The zero-order valence-corrected chi connectivity index (χ0v) is 11.3. The monoisotopic (exact) mass is 315 g/mol. The van der Waals surface area contributed by atoms with E-state index in [9.17, 15) is 9.50 Å². The van der Waals surface area contributed by atoms with Gasteiger partial charge in [0.2, 0.25) is 0 Å². The number of nitrogens with one attached hydrogen (secondary N) is 1. The van der Waals surface area contributed by atoms with Crippen LogP contribution in [-0.4, -0.2) is 11.7 Å². The van der Waals surface area contributed by atoms with Gasteiger partial charge in [-0.25, -0.2) is 4.39 Å². The molecular weight excluding hydrogens is 305 g/mol. The summed E-state index contributed by atoms with van der Waals surface area (Å²) in [6, 6.07) is 8.46. The molecular formula is C12H11BrFNOS. The molecule has 0 bridgehead atoms. The number of aliphatic hydroxyl groups is 1. The summed E-state index contributed by atoms with van der Waals surface area (Å²) in [6.07, 6.45) is -0.543. The zero-order valence-electron chi connectivity index (χ0n) is 8.86. The molecule has 0 aliphatic carbocycles. The lowest BCUT2D eigenvalue weighted by Crippen LogP contribution is -2.10. The Morgan fingerprint density at radius 1 is 1.41 bits per heavy atom. The number of halogens is 2. The Kier molecular flexibility index (Phi) is 4.15. The summed E-state index contributed by atoms with van der Waals surface area (Å²) in [7, 11) is 0. The molecule has 1 aromatic carbocycles. The predicted molar refractivity (Wildman–Crippen MR) is 71.9 cm³/mol. The fourth-order valence-corrected chi connectivity index (χ4v) is 2.49. The number of hydrogen-bond donors (Lipinski definition) is 2. The molecule has 0 fully saturated rings. The molecule has 1 aromatic heterocycles. The second-order valence-corrected chi connectivity index (χ2v) is 5.37. The van der Waals surface area contributed by atoms with Crippen molar-refractivity contribution in [3.63, 3.8) is 0 Å². The molecule has 1 heterocycles. The number of aliphatic hydroxyl groups excluding tert-OH is 1. The van der Waals surface area contributed by atoms with Gasteiger partial charge in [0.05, 0.1) is 4.47 Å². The first-order valence-corrected chi connectivity index (χ1v) is 6.74. The molecule has 1 unspecified atom stereocenters. The maximum atomic E-state index is 13.0. The highest BCUT2D eigenvalue weighted by molar-refractivity contribution is 9.10. The van der Waals surface area contributed by atoms with Crippen molar-refractivity contribution in [2.75, 3.05) is 11.9 Å². The molecule has 17 heavy (non-hydrogen) atoms. The fraction of sp³-hybridized carbons (Fsp3) is 0.167. The number of benzene rings is 1. The van der Waals surface area contributed by atoms with Gasteiger partial charge < -0.3 is 10.4 Å². The summed E-state index contributed by atoms with van der Waals surface area (Å²) in [4.78, 5) is 0.915. The van der Waals surface area contributed by atoms with Gasteiger partial charge in [0.15, 0.2) is 0 Å². The smallest absolute Gasteiger partial charge is 0.137 e. The Morgan fingerprint density at radius 3 is 2.88 bits per heavy atom. The van der Waals surface area contributed by atoms with E-state index in [1.54, 1.807) is 12.1 Å². The van der Waals surface area contributed by atoms with E-state index in [2.05, 4.69) is 21.2 Å². The minimum absolute atomic E-state index is 0.297. The average Bonchev–Trinajstić information content (AvgIpc) is 2.84. The van der Waals surface area contributed by atoms with Crippen molar-refractivity contribution in [2.24, 2.45) is 0 Å². The quantitative estimate of drug-likeness (QED) is 0.899. The Bertz CT molecular complexity index is 489. The Labute approximate surface area is 111 Å². The van der Waals surface area contributed by atoms with Gasteiger partial charge in [-0.1, -0.05) is 6.07 Å². The summed E-state index contributed by atoms with van der Waals surface area (Å²) in [6.45, 7) is 0.401. The summed E-state index contributed by atoms with van der Waals surface area (Å²) < 4.78 is 13.4. The van der Waals surface area contributed by atoms with Gasteiger partial charge in [-0.2, -0.15) is 0 Å². The molecule has 2 rings (SSSR count). The molecule has 0 saturated heterocycles. The molecule has 1 atom stereocenters. The van der Waals surface area contributed by atoms with E-state index in [1.165, 1.54) is 17.4 Å². The van der Waals surface area contributed by atoms with Crippen molar-refractivity contribution in [3.05, 3.63) is 50.9 Å². The Hall–Kier alpha value is -0.910. The molecule has 2 aromatic rings. The summed E-state index contributed by atoms with van der Waals surface area (Å²) in [5.74, 6) is -0.297. The third kappa shape index (κ3) is 3.28. The third-order valence-electron chi connectivity index (χ3n) is 2.29. The van der Waals surface area contributed by atoms with Crippen molar-refractivity contribution < 1.29 is 9.50 Å². The SMILES string of the molecule is OC(CNc1ccc(F)c(Br)c1)c1cccs1. The van der Waals surface area contributed by atoms with Gasteiger partial charge in [-0.05, 0) is 45.6 Å². The van der Waals surface area contributed by atoms with Crippen LogP contribution in [0.5, 0.6) is 0 Å². The number of rotatable bonds is 4. The molecule has 5 heteroatoms. The van der Waals surface area contributed by atoms with Gasteiger partial charge >= 0.3 is 0 Å². The molecule has 90 valence electrons. The summed E-state index contributed by atoms with van der Waals surface area (Å²) in [5.41, 5.74) is 0.772. The Balaban J connectivity index is 1.96. The van der Waals surface area contributed by atoms with Gasteiger partial charge in [0.25, 0.3) is 0 Å². The fourth-order valence-electron chi connectivity index (χ4n) is 1.40. The van der Waals surface area contributed by atoms with E-state index >= 15 is 0 Å². The molecule has 0 aliphatic rings. The van der Waals surface area contributed by atoms with Crippen LogP contribution in [0.2, 0.25) is 0 Å². The second kappa shape index (κ2) is 5.62. The molecule has 0 aliphatic heterocycles. The van der Waals surface area contributed by atoms with Crippen molar-refractivity contribution in [2.45, 2.75) is 6.10 Å². The van der Waals surface area contributed by atoms with Crippen molar-refractivity contribution in [1.82, 2.24) is 0 Å². The molecule has 0 amide bonds. The van der Waals surface area contributed by atoms with E-state index in [4.69, 9.17) is 0 Å². The maximum absolute atomic E-state index is 13.0. The molecule has 0 spiro atoms.